The first-order valence-corrected chi connectivity index (χ1v) is 5.84. The molecular weight excluding hydrogens is 236 g/mol. The molecule has 2 N–H and O–H groups in total. The van der Waals surface area contributed by atoms with Gasteiger partial charge in [0.2, 0.25) is 0 Å². The molecule has 0 saturated heterocycles. The Morgan fingerprint density at radius 3 is 2.50 bits per heavy atom. The van der Waals surface area contributed by atoms with E-state index in [9.17, 15) is 4.79 Å². The molecule has 0 radical (unpaired) electrons. The first-order chi connectivity index (χ1) is 8.67. The average molecular weight is 254 g/mol. The van der Waals surface area contributed by atoms with Crippen molar-refractivity contribution in [3.8, 4) is 5.75 Å². The van der Waals surface area contributed by atoms with Crippen molar-refractivity contribution in [2.45, 2.75) is 19.4 Å². The minimum Gasteiger partial charge on any atom is -0.490 e. The topological polar surface area (TPSA) is 76.0 Å². The molecule has 0 amide bonds. The lowest BCUT2D eigenvalue weighted by Crippen LogP contribution is -2.30. The fourth-order valence-corrected chi connectivity index (χ4v) is 1.45. The molecule has 0 aliphatic heterocycles. The number of rotatable bonds is 8. The summed E-state index contributed by atoms with van der Waals surface area (Å²) in [6.07, 6.45) is -0.358. The van der Waals surface area contributed by atoms with E-state index in [2.05, 4.69) is 0 Å². The standard InChI is InChI=1S/C13H18O5/c1-2-17-12(13(15)16)9-18-11-5-3-10(4-6-11)7-8-14/h3-6,12,14H,2,7-9H2,1H3,(H,15,16). The van der Waals surface area contributed by atoms with Gasteiger partial charge in [0.1, 0.15) is 12.4 Å². The molecule has 1 atom stereocenters. The molecule has 0 aliphatic rings. The second-order valence-electron chi connectivity index (χ2n) is 3.71. The van der Waals surface area contributed by atoms with Gasteiger partial charge < -0.3 is 19.7 Å². The maximum atomic E-state index is 10.8. The molecule has 0 aromatic heterocycles. The maximum Gasteiger partial charge on any atom is 0.336 e. The van der Waals surface area contributed by atoms with Crippen LogP contribution in [0.2, 0.25) is 0 Å². The van der Waals surface area contributed by atoms with Gasteiger partial charge in [0.25, 0.3) is 0 Å². The van der Waals surface area contributed by atoms with Crippen molar-refractivity contribution in [3.63, 3.8) is 0 Å². The molecule has 5 nitrogen and oxygen atoms in total. The minimum absolute atomic E-state index is 0.0253. The lowest BCUT2D eigenvalue weighted by Gasteiger charge is -2.13. The molecule has 1 rings (SSSR count). The van der Waals surface area contributed by atoms with Crippen LogP contribution in [-0.2, 0) is 16.0 Å². The van der Waals surface area contributed by atoms with Crippen LogP contribution in [-0.4, -0.2) is 42.1 Å². The molecule has 100 valence electrons. The van der Waals surface area contributed by atoms with Crippen molar-refractivity contribution >= 4 is 5.97 Å². The van der Waals surface area contributed by atoms with E-state index in [4.69, 9.17) is 19.7 Å². The number of carbonyl (C=O) groups is 1. The predicted molar refractivity (Wildman–Crippen MR) is 65.8 cm³/mol. The van der Waals surface area contributed by atoms with E-state index in [0.29, 0.717) is 18.8 Å². The summed E-state index contributed by atoms with van der Waals surface area (Å²) < 4.78 is 10.4. The fourth-order valence-electron chi connectivity index (χ4n) is 1.45. The van der Waals surface area contributed by atoms with Crippen LogP contribution in [0.15, 0.2) is 24.3 Å². The maximum absolute atomic E-state index is 10.8. The van der Waals surface area contributed by atoms with Crippen molar-refractivity contribution in [3.05, 3.63) is 29.8 Å². The second kappa shape index (κ2) is 7.68. The summed E-state index contributed by atoms with van der Waals surface area (Å²) in [6, 6.07) is 7.16. The number of carboxylic acids is 1. The molecule has 1 aromatic carbocycles. The van der Waals surface area contributed by atoms with Gasteiger partial charge in [0.05, 0.1) is 0 Å². The molecule has 0 heterocycles. The van der Waals surface area contributed by atoms with Gasteiger partial charge in [-0.05, 0) is 31.0 Å². The van der Waals surface area contributed by atoms with E-state index in [-0.39, 0.29) is 13.2 Å². The van der Waals surface area contributed by atoms with Gasteiger partial charge in [0, 0.05) is 13.2 Å². The Kier molecular flexibility index (Phi) is 6.18. The zero-order valence-corrected chi connectivity index (χ0v) is 10.3. The summed E-state index contributed by atoms with van der Waals surface area (Å²) in [5, 5.41) is 17.6. The Hall–Kier alpha value is -1.59. The average Bonchev–Trinajstić information content (AvgIpc) is 2.36. The van der Waals surface area contributed by atoms with E-state index in [0.717, 1.165) is 5.56 Å². The van der Waals surface area contributed by atoms with Crippen LogP contribution in [0.1, 0.15) is 12.5 Å². The summed E-state index contributed by atoms with van der Waals surface area (Å²) >= 11 is 0. The van der Waals surface area contributed by atoms with Crippen LogP contribution in [0.3, 0.4) is 0 Å². The highest BCUT2D eigenvalue weighted by Crippen LogP contribution is 2.13. The molecule has 1 unspecified atom stereocenters. The van der Waals surface area contributed by atoms with Gasteiger partial charge in [-0.1, -0.05) is 12.1 Å². The molecule has 18 heavy (non-hydrogen) atoms. The third kappa shape index (κ3) is 4.73. The van der Waals surface area contributed by atoms with Crippen LogP contribution in [0.25, 0.3) is 0 Å². The summed E-state index contributed by atoms with van der Waals surface area (Å²) in [5.74, 6) is -0.448. The zero-order valence-electron chi connectivity index (χ0n) is 10.3. The number of hydrogen-bond donors (Lipinski definition) is 2. The van der Waals surface area contributed by atoms with Crippen molar-refractivity contribution in [1.82, 2.24) is 0 Å². The highest BCUT2D eigenvalue weighted by atomic mass is 16.5. The largest absolute Gasteiger partial charge is 0.490 e. The van der Waals surface area contributed by atoms with Gasteiger partial charge in [-0.2, -0.15) is 0 Å². The lowest BCUT2D eigenvalue weighted by atomic mass is 10.1. The third-order valence-corrected chi connectivity index (χ3v) is 2.37. The highest BCUT2D eigenvalue weighted by molar-refractivity contribution is 5.72. The fraction of sp³-hybridized carbons (Fsp3) is 0.462. The van der Waals surface area contributed by atoms with E-state index in [1.807, 2.05) is 12.1 Å². The van der Waals surface area contributed by atoms with Crippen molar-refractivity contribution in [2.75, 3.05) is 19.8 Å². The van der Waals surface area contributed by atoms with Gasteiger partial charge >= 0.3 is 5.97 Å². The Morgan fingerprint density at radius 1 is 1.33 bits per heavy atom. The zero-order chi connectivity index (χ0) is 13.4. The van der Waals surface area contributed by atoms with Crippen molar-refractivity contribution in [2.24, 2.45) is 0 Å². The number of hydrogen-bond acceptors (Lipinski definition) is 4. The molecule has 0 spiro atoms. The molecular formula is C13H18O5. The number of benzene rings is 1. The smallest absolute Gasteiger partial charge is 0.336 e. The third-order valence-electron chi connectivity index (χ3n) is 2.37. The van der Waals surface area contributed by atoms with Crippen LogP contribution in [0, 0.1) is 0 Å². The van der Waals surface area contributed by atoms with Crippen LogP contribution < -0.4 is 4.74 Å². The molecule has 0 saturated carbocycles. The number of aliphatic hydroxyl groups is 1. The SMILES string of the molecule is CCOC(COc1ccc(CCO)cc1)C(=O)O. The van der Waals surface area contributed by atoms with Gasteiger partial charge in [-0.25, -0.2) is 4.79 Å². The second-order valence-corrected chi connectivity index (χ2v) is 3.71. The van der Waals surface area contributed by atoms with Crippen LogP contribution in [0.4, 0.5) is 0 Å². The first kappa shape index (κ1) is 14.5. The molecule has 5 heteroatoms. The number of aliphatic carboxylic acids is 1. The quantitative estimate of drug-likeness (QED) is 0.726. The highest BCUT2D eigenvalue weighted by Gasteiger charge is 2.18. The van der Waals surface area contributed by atoms with Crippen LogP contribution >= 0.6 is 0 Å². The monoisotopic (exact) mass is 254 g/mol. The number of ether oxygens (including phenoxy) is 2. The number of aliphatic hydroxyl groups excluding tert-OH is 1. The summed E-state index contributed by atoms with van der Waals surface area (Å²) in [5.41, 5.74) is 1.00. The lowest BCUT2D eigenvalue weighted by molar-refractivity contribution is -0.152. The van der Waals surface area contributed by atoms with E-state index < -0.39 is 12.1 Å². The van der Waals surface area contributed by atoms with E-state index in [1.54, 1.807) is 19.1 Å². The van der Waals surface area contributed by atoms with Gasteiger partial charge in [0.15, 0.2) is 6.10 Å². The number of carboxylic acid groups (broad SMARTS) is 1. The van der Waals surface area contributed by atoms with Gasteiger partial charge in [-0.3, -0.25) is 0 Å². The van der Waals surface area contributed by atoms with Gasteiger partial charge in [-0.15, -0.1) is 0 Å². The molecule has 1 aromatic rings. The Morgan fingerprint density at radius 2 is 2.00 bits per heavy atom. The van der Waals surface area contributed by atoms with E-state index >= 15 is 0 Å². The van der Waals surface area contributed by atoms with E-state index in [1.165, 1.54) is 0 Å². The molecule has 0 bridgehead atoms. The summed E-state index contributed by atoms with van der Waals surface area (Å²) in [4.78, 5) is 10.8. The molecule has 0 fully saturated rings. The molecule has 0 aliphatic carbocycles. The summed E-state index contributed by atoms with van der Waals surface area (Å²) in [7, 11) is 0. The Bertz CT molecular complexity index is 360. The Balaban J connectivity index is 2.48. The van der Waals surface area contributed by atoms with Crippen molar-refractivity contribution in [1.29, 1.82) is 0 Å². The Labute approximate surface area is 106 Å². The normalized spacial score (nSPS) is 12.1. The van der Waals surface area contributed by atoms with Crippen molar-refractivity contribution < 1.29 is 24.5 Å². The predicted octanol–water partition coefficient (Wildman–Crippen LogP) is 1.09. The summed E-state index contributed by atoms with van der Waals surface area (Å²) in [6.45, 7) is 2.14. The first-order valence-electron chi connectivity index (χ1n) is 5.84. The van der Waals surface area contributed by atoms with Crippen LogP contribution in [0.5, 0.6) is 5.75 Å². The minimum atomic E-state index is -1.03.